The Bertz CT molecular complexity index is 449. The molecule has 0 saturated carbocycles. The van der Waals surface area contributed by atoms with E-state index in [2.05, 4.69) is 52.1 Å². The van der Waals surface area contributed by atoms with Crippen LogP contribution in [0.25, 0.3) is 0 Å². The molecule has 1 amide bonds. The van der Waals surface area contributed by atoms with Crippen molar-refractivity contribution >= 4 is 27.5 Å². The van der Waals surface area contributed by atoms with Gasteiger partial charge in [-0.25, -0.2) is 0 Å². The molecule has 1 N–H and O–H groups in total. The Morgan fingerprint density at radius 3 is 2.55 bits per heavy atom. The van der Waals surface area contributed by atoms with Crippen molar-refractivity contribution in [2.75, 3.05) is 38.6 Å². The Balaban J connectivity index is 2.99. The van der Waals surface area contributed by atoms with Gasteiger partial charge >= 0.3 is 0 Å². The molecule has 4 nitrogen and oxygen atoms in total. The molecule has 0 atom stereocenters. The van der Waals surface area contributed by atoms with Gasteiger partial charge in [0.05, 0.1) is 6.54 Å². The molecule has 1 rings (SSSR count). The summed E-state index contributed by atoms with van der Waals surface area (Å²) in [6.07, 6.45) is 0. The van der Waals surface area contributed by atoms with Gasteiger partial charge in [-0.1, -0.05) is 28.9 Å². The van der Waals surface area contributed by atoms with E-state index >= 15 is 0 Å². The highest BCUT2D eigenvalue weighted by molar-refractivity contribution is 9.10. The molecule has 0 fully saturated rings. The highest BCUT2D eigenvalue weighted by Crippen LogP contribution is 2.25. The van der Waals surface area contributed by atoms with Gasteiger partial charge in [0.1, 0.15) is 0 Å². The van der Waals surface area contributed by atoms with Crippen LogP contribution in [-0.4, -0.2) is 44.5 Å². The van der Waals surface area contributed by atoms with Gasteiger partial charge in [0, 0.05) is 37.3 Å². The number of amides is 1. The lowest BCUT2D eigenvalue weighted by atomic mass is 10.1. The summed E-state index contributed by atoms with van der Waals surface area (Å²) in [7, 11) is 3.58. The van der Waals surface area contributed by atoms with Crippen LogP contribution in [0.15, 0.2) is 22.7 Å². The second-order valence-corrected chi connectivity index (χ2v) is 5.77. The number of nitrogens with one attached hydrogen (secondary N) is 1. The van der Waals surface area contributed by atoms with Crippen LogP contribution in [0.4, 0.5) is 5.69 Å². The van der Waals surface area contributed by atoms with Gasteiger partial charge in [-0.2, -0.15) is 0 Å². The molecule has 0 radical (unpaired) electrons. The molecule has 20 heavy (non-hydrogen) atoms. The van der Waals surface area contributed by atoms with Crippen LogP contribution in [0, 0.1) is 0 Å². The van der Waals surface area contributed by atoms with Crippen molar-refractivity contribution in [2.45, 2.75) is 20.4 Å². The van der Waals surface area contributed by atoms with Crippen molar-refractivity contribution in [3.63, 3.8) is 0 Å². The van der Waals surface area contributed by atoms with E-state index in [4.69, 9.17) is 0 Å². The zero-order valence-corrected chi connectivity index (χ0v) is 14.3. The van der Waals surface area contributed by atoms with Crippen LogP contribution in [0.1, 0.15) is 19.4 Å². The van der Waals surface area contributed by atoms with Crippen LogP contribution in [0.3, 0.4) is 0 Å². The number of hydrogen-bond donors (Lipinski definition) is 1. The van der Waals surface area contributed by atoms with Crippen LogP contribution in [0.2, 0.25) is 0 Å². The fourth-order valence-corrected chi connectivity index (χ4v) is 2.26. The van der Waals surface area contributed by atoms with Crippen molar-refractivity contribution in [1.82, 2.24) is 10.2 Å². The first-order chi connectivity index (χ1) is 9.49. The molecular formula is C15H24BrN3O. The molecule has 0 aromatic heterocycles. The fourth-order valence-electron chi connectivity index (χ4n) is 1.91. The zero-order valence-electron chi connectivity index (χ0n) is 12.7. The van der Waals surface area contributed by atoms with Crippen LogP contribution >= 0.6 is 15.9 Å². The predicted molar refractivity (Wildman–Crippen MR) is 88.1 cm³/mol. The van der Waals surface area contributed by atoms with Gasteiger partial charge in [0.25, 0.3) is 0 Å². The summed E-state index contributed by atoms with van der Waals surface area (Å²) in [5, 5.41) is 3.34. The van der Waals surface area contributed by atoms with Crippen molar-refractivity contribution in [3.8, 4) is 0 Å². The predicted octanol–water partition coefficient (Wildman–Crippen LogP) is 2.47. The van der Waals surface area contributed by atoms with Gasteiger partial charge in [-0.05, 0) is 31.2 Å². The Labute approximate surface area is 130 Å². The number of likely N-dealkylation sites (N-methyl/N-ethyl adjacent to an activating group) is 2. The molecule has 1 aromatic carbocycles. The minimum absolute atomic E-state index is 0.112. The normalized spacial score (nSPS) is 10.4. The van der Waals surface area contributed by atoms with E-state index in [1.165, 1.54) is 5.56 Å². The molecule has 0 bridgehead atoms. The van der Waals surface area contributed by atoms with Crippen molar-refractivity contribution in [3.05, 3.63) is 28.2 Å². The number of carbonyl (C=O) groups is 1. The summed E-state index contributed by atoms with van der Waals surface area (Å²) in [5.41, 5.74) is 2.32. The summed E-state index contributed by atoms with van der Waals surface area (Å²) in [6, 6.07) is 6.22. The Kier molecular flexibility index (Phi) is 7.02. The lowest BCUT2D eigenvalue weighted by Gasteiger charge is -2.27. The first-order valence-electron chi connectivity index (χ1n) is 6.93. The number of nitrogens with zero attached hydrogens (tertiary/aromatic N) is 2. The largest absolute Gasteiger partial charge is 0.362 e. The van der Waals surface area contributed by atoms with E-state index in [1.807, 2.05) is 6.07 Å². The van der Waals surface area contributed by atoms with Gasteiger partial charge in [0.2, 0.25) is 5.91 Å². The minimum Gasteiger partial charge on any atom is -0.362 e. The van der Waals surface area contributed by atoms with E-state index in [9.17, 15) is 4.79 Å². The number of benzene rings is 1. The molecule has 0 spiro atoms. The molecule has 0 saturated heterocycles. The quantitative estimate of drug-likeness (QED) is 0.827. The Morgan fingerprint density at radius 2 is 2.00 bits per heavy atom. The number of halogens is 1. The molecule has 0 aliphatic carbocycles. The Morgan fingerprint density at radius 1 is 1.30 bits per heavy atom. The topological polar surface area (TPSA) is 35.6 Å². The van der Waals surface area contributed by atoms with Crippen LogP contribution in [0.5, 0.6) is 0 Å². The molecule has 0 aliphatic rings. The van der Waals surface area contributed by atoms with Crippen molar-refractivity contribution in [1.29, 1.82) is 0 Å². The third-order valence-corrected chi connectivity index (χ3v) is 3.65. The lowest BCUT2D eigenvalue weighted by molar-refractivity contribution is -0.127. The lowest BCUT2D eigenvalue weighted by Crippen LogP contribution is -2.37. The highest BCUT2D eigenvalue weighted by Gasteiger charge is 2.15. The average molecular weight is 342 g/mol. The van der Waals surface area contributed by atoms with Crippen molar-refractivity contribution < 1.29 is 4.79 Å². The van der Waals surface area contributed by atoms with Gasteiger partial charge in [-0.15, -0.1) is 0 Å². The second-order valence-electron chi connectivity index (χ2n) is 4.86. The monoisotopic (exact) mass is 341 g/mol. The maximum absolute atomic E-state index is 12.0. The van der Waals surface area contributed by atoms with Gasteiger partial charge in [0.15, 0.2) is 0 Å². The third kappa shape index (κ3) is 4.80. The molecule has 5 heteroatoms. The SMILES string of the molecule is CCNCc1ccc(Br)cc1N(CC)CC(=O)N(C)C. The maximum atomic E-state index is 12.0. The molecule has 1 aromatic rings. The Hall–Kier alpha value is -1.07. The summed E-state index contributed by atoms with van der Waals surface area (Å²) in [4.78, 5) is 15.7. The molecule has 0 aliphatic heterocycles. The minimum atomic E-state index is 0.112. The molecule has 0 heterocycles. The number of rotatable bonds is 7. The summed E-state index contributed by atoms with van der Waals surface area (Å²) < 4.78 is 1.03. The van der Waals surface area contributed by atoms with E-state index < -0.39 is 0 Å². The van der Waals surface area contributed by atoms with E-state index in [0.717, 1.165) is 29.8 Å². The summed E-state index contributed by atoms with van der Waals surface area (Å²) in [5.74, 6) is 0.112. The third-order valence-electron chi connectivity index (χ3n) is 3.16. The highest BCUT2D eigenvalue weighted by atomic mass is 79.9. The molecule has 0 unspecified atom stereocenters. The second kappa shape index (κ2) is 8.27. The first kappa shape index (κ1) is 17.0. The van der Waals surface area contributed by atoms with Crippen LogP contribution in [-0.2, 0) is 11.3 Å². The summed E-state index contributed by atoms with van der Waals surface area (Å²) >= 11 is 3.51. The van der Waals surface area contributed by atoms with Crippen LogP contribution < -0.4 is 10.2 Å². The van der Waals surface area contributed by atoms with E-state index in [1.54, 1.807) is 19.0 Å². The van der Waals surface area contributed by atoms with E-state index in [0.29, 0.717) is 6.54 Å². The number of hydrogen-bond acceptors (Lipinski definition) is 3. The standard InChI is InChI=1S/C15H24BrN3O/c1-5-17-10-12-7-8-13(16)9-14(12)19(6-2)11-15(20)18(3)4/h7-9,17H,5-6,10-11H2,1-4H3. The van der Waals surface area contributed by atoms with Gasteiger partial charge < -0.3 is 15.1 Å². The maximum Gasteiger partial charge on any atom is 0.241 e. The number of carbonyl (C=O) groups excluding carboxylic acids is 1. The van der Waals surface area contributed by atoms with Gasteiger partial charge in [-0.3, -0.25) is 4.79 Å². The van der Waals surface area contributed by atoms with Crippen molar-refractivity contribution in [2.24, 2.45) is 0 Å². The van der Waals surface area contributed by atoms with E-state index in [-0.39, 0.29) is 5.91 Å². The summed E-state index contributed by atoms with van der Waals surface area (Å²) in [6.45, 7) is 7.10. The zero-order chi connectivity index (χ0) is 15.1. The molecule has 112 valence electrons. The fraction of sp³-hybridized carbons (Fsp3) is 0.533. The molecular weight excluding hydrogens is 318 g/mol. The average Bonchev–Trinajstić information content (AvgIpc) is 2.43. The number of anilines is 1. The smallest absolute Gasteiger partial charge is 0.241 e. The first-order valence-corrected chi connectivity index (χ1v) is 7.73.